The van der Waals surface area contributed by atoms with E-state index in [9.17, 15) is 17.1 Å². The summed E-state index contributed by atoms with van der Waals surface area (Å²) in [5.74, 6) is 1.84. The number of rotatable bonds is 4. The van der Waals surface area contributed by atoms with Gasteiger partial charge in [0.05, 0.1) is 0 Å². The lowest BCUT2D eigenvalue weighted by Crippen LogP contribution is -2.44. The van der Waals surface area contributed by atoms with Crippen LogP contribution in [0.1, 0.15) is 66.4 Å². The van der Waals surface area contributed by atoms with Crippen molar-refractivity contribution < 1.29 is 21.3 Å². The van der Waals surface area contributed by atoms with Gasteiger partial charge in [0.25, 0.3) is 0 Å². The Morgan fingerprint density at radius 2 is 1.84 bits per heavy atom. The highest BCUT2D eigenvalue weighted by molar-refractivity contribution is 7.81. The summed E-state index contributed by atoms with van der Waals surface area (Å²) in [7, 11) is -5.02. The van der Waals surface area contributed by atoms with Crippen LogP contribution in [0.25, 0.3) is 0 Å². The molecule has 5 rings (SSSR count). The molecule has 0 unspecified atom stereocenters. The maximum atomic E-state index is 13.3. The monoisotopic (exact) mass is 442 g/mol. The molecule has 3 aliphatic carbocycles. The third kappa shape index (κ3) is 3.59. The van der Waals surface area contributed by atoms with E-state index in [-0.39, 0.29) is 22.9 Å². The Morgan fingerprint density at radius 3 is 2.58 bits per heavy atom. The Kier molecular flexibility index (Phi) is 4.96. The van der Waals surface area contributed by atoms with Crippen molar-refractivity contribution in [1.82, 2.24) is 0 Å². The number of carbonyl (C=O) groups excluding carboxylic acids is 1. The third-order valence-electron chi connectivity index (χ3n) is 8.27. The fourth-order valence-electron chi connectivity index (χ4n) is 6.96. The molecule has 2 aromatic rings. The van der Waals surface area contributed by atoms with E-state index in [2.05, 4.69) is 11.1 Å². The number of aryl methyl sites for hydroxylation is 1. The van der Waals surface area contributed by atoms with Crippen molar-refractivity contribution in [1.29, 1.82) is 0 Å². The van der Waals surface area contributed by atoms with Gasteiger partial charge in [-0.1, -0.05) is 47.2 Å². The number of fused-ring (bicyclic) bond motifs is 5. The summed E-state index contributed by atoms with van der Waals surface area (Å²) < 4.78 is 39.0. The highest BCUT2D eigenvalue weighted by atomic mass is 32.3. The SMILES string of the molecule is C[C@]12CC[C@@H]3c4ccc(OS(=O)(=O)F)cc4CC[C@H]3[C@@H]1CC[C@@H]2C(=O)c1ccccc1. The minimum absolute atomic E-state index is 0.0248. The molecule has 0 aliphatic heterocycles. The number of benzene rings is 2. The molecule has 4 nitrogen and oxygen atoms in total. The van der Waals surface area contributed by atoms with E-state index in [0.717, 1.165) is 49.7 Å². The van der Waals surface area contributed by atoms with Crippen molar-refractivity contribution in [3.8, 4) is 5.75 Å². The minimum atomic E-state index is -5.02. The van der Waals surface area contributed by atoms with Crippen molar-refractivity contribution in [3.63, 3.8) is 0 Å². The molecule has 0 spiro atoms. The zero-order chi connectivity index (χ0) is 21.8. The zero-order valence-electron chi connectivity index (χ0n) is 17.6. The van der Waals surface area contributed by atoms with Crippen LogP contribution in [0.5, 0.6) is 5.75 Å². The maximum Gasteiger partial charge on any atom is 0.488 e. The Bertz CT molecular complexity index is 1110. The molecule has 2 saturated carbocycles. The summed E-state index contributed by atoms with van der Waals surface area (Å²) in [4.78, 5) is 13.3. The Hall–Kier alpha value is -2.21. The van der Waals surface area contributed by atoms with Gasteiger partial charge in [0.15, 0.2) is 5.78 Å². The predicted octanol–water partition coefficient (Wildman–Crippen LogP) is 5.63. The standard InChI is InChI=1S/C25H27FO4S/c1-25-14-13-20-19-10-8-18(30-31(26,28)29)15-17(19)7-9-21(20)22(25)11-12-23(25)24(27)16-5-3-2-4-6-16/h2-6,8,10,15,20-23H,7,9,11-14H2,1H3/t20-,21-,22+,23-,25+/m1/s1. The Morgan fingerprint density at radius 1 is 1.06 bits per heavy atom. The summed E-state index contributed by atoms with van der Waals surface area (Å²) in [5, 5.41) is 0. The smallest absolute Gasteiger partial charge is 0.358 e. The number of carbonyl (C=O) groups is 1. The molecule has 0 bridgehead atoms. The van der Waals surface area contributed by atoms with Gasteiger partial charge in [-0.25, -0.2) is 0 Å². The van der Waals surface area contributed by atoms with Crippen molar-refractivity contribution >= 4 is 16.3 Å². The lowest BCUT2D eigenvalue weighted by Gasteiger charge is -2.50. The molecule has 2 aromatic carbocycles. The van der Waals surface area contributed by atoms with E-state index >= 15 is 0 Å². The lowest BCUT2D eigenvalue weighted by atomic mass is 9.53. The number of halogens is 1. The quantitative estimate of drug-likeness (QED) is 0.454. The average Bonchev–Trinajstić information content (AvgIpc) is 3.09. The highest BCUT2D eigenvalue weighted by Crippen LogP contribution is 2.63. The van der Waals surface area contributed by atoms with Gasteiger partial charge in [-0.15, -0.1) is 0 Å². The number of hydrogen-bond donors (Lipinski definition) is 0. The summed E-state index contributed by atoms with van der Waals surface area (Å²) in [6.45, 7) is 2.32. The molecule has 0 aromatic heterocycles. The fourth-order valence-corrected chi connectivity index (χ4v) is 7.29. The van der Waals surface area contributed by atoms with Crippen LogP contribution in [0.15, 0.2) is 48.5 Å². The van der Waals surface area contributed by atoms with Crippen molar-refractivity contribution in [2.45, 2.75) is 51.4 Å². The lowest BCUT2D eigenvalue weighted by molar-refractivity contribution is 0.0276. The summed E-state index contributed by atoms with van der Waals surface area (Å²) in [6.07, 6.45) is 5.90. The molecule has 0 heterocycles. The van der Waals surface area contributed by atoms with Gasteiger partial charge < -0.3 is 4.18 Å². The summed E-state index contributed by atoms with van der Waals surface area (Å²) in [6, 6.07) is 14.8. The van der Waals surface area contributed by atoms with E-state index in [4.69, 9.17) is 0 Å². The van der Waals surface area contributed by atoms with Crippen LogP contribution in [0.3, 0.4) is 0 Å². The summed E-state index contributed by atoms with van der Waals surface area (Å²) in [5.41, 5.74) is 3.14. The van der Waals surface area contributed by atoms with Gasteiger partial charge in [0, 0.05) is 11.5 Å². The molecule has 164 valence electrons. The van der Waals surface area contributed by atoms with Gasteiger partial charge in [0.1, 0.15) is 5.75 Å². The van der Waals surface area contributed by atoms with Gasteiger partial charge in [-0.2, -0.15) is 8.42 Å². The Balaban J connectivity index is 1.40. The topological polar surface area (TPSA) is 60.4 Å². The first-order valence-electron chi connectivity index (χ1n) is 11.1. The average molecular weight is 443 g/mol. The number of ketones is 1. The Labute approximate surface area is 183 Å². The fraction of sp³-hybridized carbons (Fsp3) is 0.480. The second-order valence-corrected chi connectivity index (χ2v) is 10.6. The molecule has 5 atom stereocenters. The van der Waals surface area contributed by atoms with E-state index in [1.54, 1.807) is 12.1 Å². The van der Waals surface area contributed by atoms with Crippen molar-refractivity contribution in [2.75, 3.05) is 0 Å². The second-order valence-electron chi connectivity index (χ2n) is 9.66. The molecule has 0 amide bonds. The largest absolute Gasteiger partial charge is 0.488 e. The van der Waals surface area contributed by atoms with Crippen LogP contribution >= 0.6 is 0 Å². The molecular weight excluding hydrogens is 415 g/mol. The van der Waals surface area contributed by atoms with Gasteiger partial charge in [0.2, 0.25) is 0 Å². The van der Waals surface area contributed by atoms with Crippen LogP contribution in [0, 0.1) is 23.2 Å². The van der Waals surface area contributed by atoms with Crippen LogP contribution in [-0.2, 0) is 16.9 Å². The minimum Gasteiger partial charge on any atom is -0.358 e. The molecule has 6 heteroatoms. The third-order valence-corrected chi connectivity index (χ3v) is 8.66. The first kappa shape index (κ1) is 20.7. The number of Topliss-reactive ketones (excluding diaryl/α,β-unsaturated/α-hetero) is 1. The molecular formula is C25H27FO4S. The predicted molar refractivity (Wildman–Crippen MR) is 116 cm³/mol. The molecule has 0 N–H and O–H groups in total. The normalized spacial score (nSPS) is 31.9. The number of hydrogen-bond acceptors (Lipinski definition) is 4. The van der Waals surface area contributed by atoms with E-state index in [1.165, 1.54) is 5.56 Å². The van der Waals surface area contributed by atoms with E-state index < -0.39 is 10.5 Å². The van der Waals surface area contributed by atoms with Crippen molar-refractivity contribution in [2.24, 2.45) is 23.2 Å². The van der Waals surface area contributed by atoms with Crippen LogP contribution in [0.4, 0.5) is 3.89 Å². The first-order chi connectivity index (χ1) is 14.8. The molecule has 2 fully saturated rings. The highest BCUT2D eigenvalue weighted by Gasteiger charge is 2.56. The van der Waals surface area contributed by atoms with Crippen LogP contribution in [0.2, 0.25) is 0 Å². The first-order valence-corrected chi connectivity index (χ1v) is 12.4. The van der Waals surface area contributed by atoms with Gasteiger partial charge >= 0.3 is 10.5 Å². The molecule has 31 heavy (non-hydrogen) atoms. The van der Waals surface area contributed by atoms with Crippen molar-refractivity contribution in [3.05, 3.63) is 65.2 Å². The maximum absolute atomic E-state index is 13.3. The molecule has 0 radical (unpaired) electrons. The van der Waals surface area contributed by atoms with E-state index in [0.29, 0.717) is 17.8 Å². The van der Waals surface area contributed by atoms with E-state index in [1.807, 2.05) is 36.4 Å². The van der Waals surface area contributed by atoms with Gasteiger partial charge in [-0.05, 0) is 85.0 Å². The van der Waals surface area contributed by atoms with Crippen LogP contribution in [-0.4, -0.2) is 14.2 Å². The van der Waals surface area contributed by atoms with Crippen LogP contribution < -0.4 is 4.18 Å². The summed E-state index contributed by atoms with van der Waals surface area (Å²) >= 11 is 0. The zero-order valence-corrected chi connectivity index (χ0v) is 18.4. The molecule has 0 saturated heterocycles. The molecule has 3 aliphatic rings. The van der Waals surface area contributed by atoms with Gasteiger partial charge in [-0.3, -0.25) is 4.79 Å². The second kappa shape index (κ2) is 7.44.